The van der Waals surface area contributed by atoms with Gasteiger partial charge in [-0.15, -0.1) is 0 Å². The van der Waals surface area contributed by atoms with Crippen LogP contribution in [-0.4, -0.2) is 10.2 Å². The number of benzene rings is 2. The van der Waals surface area contributed by atoms with Crippen LogP contribution < -0.4 is 0 Å². The SMILES string of the molecule is CC(C)C1C(C)CC(c2ccc(O)cc2)(c2ccc(O)cc2)CC1(C)C. The molecule has 2 heteroatoms. The average molecular weight is 353 g/mol. The van der Waals surface area contributed by atoms with Gasteiger partial charge in [-0.3, -0.25) is 0 Å². The zero-order valence-corrected chi connectivity index (χ0v) is 16.7. The molecule has 140 valence electrons. The summed E-state index contributed by atoms with van der Waals surface area (Å²) < 4.78 is 0. The lowest BCUT2D eigenvalue weighted by molar-refractivity contribution is 0.0101. The number of phenols is 2. The highest BCUT2D eigenvalue weighted by molar-refractivity contribution is 5.44. The van der Waals surface area contributed by atoms with E-state index in [1.807, 2.05) is 0 Å². The maximum atomic E-state index is 9.78. The molecule has 0 amide bonds. The first-order valence-corrected chi connectivity index (χ1v) is 9.75. The Labute approximate surface area is 157 Å². The van der Waals surface area contributed by atoms with Gasteiger partial charge in [0.25, 0.3) is 0 Å². The summed E-state index contributed by atoms with van der Waals surface area (Å²) in [7, 11) is 0. The zero-order valence-electron chi connectivity index (χ0n) is 16.7. The van der Waals surface area contributed by atoms with Crippen molar-refractivity contribution in [1.82, 2.24) is 0 Å². The molecule has 2 unspecified atom stereocenters. The summed E-state index contributed by atoms with van der Waals surface area (Å²) >= 11 is 0. The Morgan fingerprint density at radius 1 is 0.846 bits per heavy atom. The highest BCUT2D eigenvalue weighted by atomic mass is 16.3. The van der Waals surface area contributed by atoms with Gasteiger partial charge < -0.3 is 10.2 Å². The first-order chi connectivity index (χ1) is 12.2. The lowest BCUT2D eigenvalue weighted by Gasteiger charge is -2.54. The molecule has 0 bridgehead atoms. The van der Waals surface area contributed by atoms with Crippen LogP contribution in [0.3, 0.4) is 0 Å². The van der Waals surface area contributed by atoms with E-state index in [-0.39, 0.29) is 10.8 Å². The fourth-order valence-corrected chi connectivity index (χ4v) is 6.14. The van der Waals surface area contributed by atoms with E-state index in [9.17, 15) is 10.2 Å². The Balaban J connectivity index is 2.16. The summed E-state index contributed by atoms with van der Waals surface area (Å²) in [6.45, 7) is 11.9. The van der Waals surface area contributed by atoms with Gasteiger partial charge in [-0.25, -0.2) is 0 Å². The second kappa shape index (κ2) is 6.64. The standard InChI is InChI=1S/C24H32O2/c1-16(2)22-17(3)14-24(15-23(22,4)5,18-6-10-20(25)11-7-18)19-8-12-21(26)13-9-19/h6-13,16-17,22,25-26H,14-15H2,1-5H3. The molecule has 26 heavy (non-hydrogen) atoms. The minimum atomic E-state index is -0.101. The van der Waals surface area contributed by atoms with Crippen molar-refractivity contribution in [3.8, 4) is 11.5 Å². The maximum absolute atomic E-state index is 9.78. The molecule has 1 aliphatic carbocycles. The van der Waals surface area contributed by atoms with Gasteiger partial charge in [0.05, 0.1) is 0 Å². The lowest BCUT2D eigenvalue weighted by atomic mass is 9.49. The van der Waals surface area contributed by atoms with Crippen LogP contribution in [0.2, 0.25) is 0 Å². The van der Waals surface area contributed by atoms with Crippen LogP contribution in [-0.2, 0) is 5.41 Å². The van der Waals surface area contributed by atoms with Crippen LogP contribution in [0.4, 0.5) is 0 Å². The molecule has 2 aromatic carbocycles. The van der Waals surface area contributed by atoms with Crippen LogP contribution in [0.5, 0.6) is 11.5 Å². The van der Waals surface area contributed by atoms with E-state index in [4.69, 9.17) is 0 Å². The zero-order chi connectivity index (χ0) is 19.1. The molecule has 0 spiro atoms. The molecule has 0 heterocycles. The van der Waals surface area contributed by atoms with Crippen LogP contribution in [0, 0.1) is 23.2 Å². The lowest BCUT2D eigenvalue weighted by Crippen LogP contribution is -2.48. The summed E-state index contributed by atoms with van der Waals surface area (Å²) in [5.74, 6) is 2.51. The van der Waals surface area contributed by atoms with Gasteiger partial charge in [-0.1, -0.05) is 58.9 Å². The number of hydrogen-bond acceptors (Lipinski definition) is 2. The number of aromatic hydroxyl groups is 2. The molecule has 1 fully saturated rings. The van der Waals surface area contributed by atoms with E-state index in [2.05, 4.69) is 58.9 Å². The molecule has 1 saturated carbocycles. The third-order valence-electron chi connectivity index (χ3n) is 6.50. The van der Waals surface area contributed by atoms with Crippen molar-refractivity contribution >= 4 is 0 Å². The minimum Gasteiger partial charge on any atom is -0.508 e. The molecule has 2 atom stereocenters. The molecule has 2 N–H and O–H groups in total. The quantitative estimate of drug-likeness (QED) is 0.699. The molecule has 0 aliphatic heterocycles. The monoisotopic (exact) mass is 352 g/mol. The van der Waals surface area contributed by atoms with Crippen molar-refractivity contribution in [2.24, 2.45) is 23.2 Å². The third kappa shape index (κ3) is 3.22. The van der Waals surface area contributed by atoms with Gasteiger partial charge in [0.2, 0.25) is 0 Å². The Hall–Kier alpha value is -1.96. The largest absolute Gasteiger partial charge is 0.508 e. The molecule has 1 aliphatic rings. The Kier molecular flexibility index (Phi) is 4.81. The van der Waals surface area contributed by atoms with E-state index in [1.165, 1.54) is 11.1 Å². The summed E-state index contributed by atoms with van der Waals surface area (Å²) in [6.07, 6.45) is 2.14. The maximum Gasteiger partial charge on any atom is 0.115 e. The summed E-state index contributed by atoms with van der Waals surface area (Å²) in [5, 5.41) is 19.6. The average Bonchev–Trinajstić information content (AvgIpc) is 2.53. The van der Waals surface area contributed by atoms with Gasteiger partial charge in [0, 0.05) is 5.41 Å². The van der Waals surface area contributed by atoms with Gasteiger partial charge in [-0.05, 0) is 71.4 Å². The predicted molar refractivity (Wildman–Crippen MR) is 108 cm³/mol. The normalized spacial score (nSPS) is 24.5. The van der Waals surface area contributed by atoms with E-state index >= 15 is 0 Å². The molecule has 0 saturated heterocycles. The Morgan fingerprint density at radius 2 is 1.27 bits per heavy atom. The van der Waals surface area contributed by atoms with Crippen LogP contribution in [0.1, 0.15) is 58.6 Å². The predicted octanol–water partition coefficient (Wildman–Crippen LogP) is 6.11. The van der Waals surface area contributed by atoms with Crippen molar-refractivity contribution in [1.29, 1.82) is 0 Å². The first kappa shape index (κ1) is 18.8. The van der Waals surface area contributed by atoms with Gasteiger partial charge in [0.15, 0.2) is 0 Å². The van der Waals surface area contributed by atoms with E-state index in [1.54, 1.807) is 24.3 Å². The molecule has 0 radical (unpaired) electrons. The van der Waals surface area contributed by atoms with E-state index in [0.717, 1.165) is 12.8 Å². The van der Waals surface area contributed by atoms with Gasteiger partial charge in [-0.2, -0.15) is 0 Å². The van der Waals surface area contributed by atoms with Crippen molar-refractivity contribution in [2.45, 2.75) is 52.9 Å². The van der Waals surface area contributed by atoms with Crippen LogP contribution in [0.25, 0.3) is 0 Å². The Bertz CT molecular complexity index is 695. The van der Waals surface area contributed by atoms with Crippen LogP contribution in [0.15, 0.2) is 48.5 Å². The number of phenolic OH excluding ortho intramolecular Hbond substituents is 2. The van der Waals surface area contributed by atoms with Gasteiger partial charge in [0.1, 0.15) is 11.5 Å². The second-order valence-electron chi connectivity index (χ2n) is 9.29. The molecule has 2 aromatic rings. The molecule has 3 rings (SSSR count). The summed E-state index contributed by atoms with van der Waals surface area (Å²) in [5.41, 5.74) is 2.60. The smallest absolute Gasteiger partial charge is 0.115 e. The fourth-order valence-electron chi connectivity index (χ4n) is 6.14. The molecule has 2 nitrogen and oxygen atoms in total. The number of hydrogen-bond donors (Lipinski definition) is 2. The topological polar surface area (TPSA) is 40.5 Å². The highest BCUT2D eigenvalue weighted by Crippen LogP contribution is 2.58. The minimum absolute atomic E-state index is 0.101. The summed E-state index contributed by atoms with van der Waals surface area (Å²) in [4.78, 5) is 0. The van der Waals surface area contributed by atoms with Crippen molar-refractivity contribution < 1.29 is 10.2 Å². The summed E-state index contributed by atoms with van der Waals surface area (Å²) in [6, 6.07) is 15.5. The van der Waals surface area contributed by atoms with E-state index in [0.29, 0.717) is 29.3 Å². The number of rotatable bonds is 3. The molecule has 0 aromatic heterocycles. The fraction of sp³-hybridized carbons (Fsp3) is 0.500. The second-order valence-corrected chi connectivity index (χ2v) is 9.29. The van der Waals surface area contributed by atoms with Crippen molar-refractivity contribution in [2.75, 3.05) is 0 Å². The third-order valence-corrected chi connectivity index (χ3v) is 6.50. The molecular weight excluding hydrogens is 320 g/mol. The first-order valence-electron chi connectivity index (χ1n) is 9.75. The molecular formula is C24H32O2. The van der Waals surface area contributed by atoms with Crippen molar-refractivity contribution in [3.05, 3.63) is 59.7 Å². The van der Waals surface area contributed by atoms with E-state index < -0.39 is 0 Å². The van der Waals surface area contributed by atoms with Crippen molar-refractivity contribution in [3.63, 3.8) is 0 Å². The van der Waals surface area contributed by atoms with Gasteiger partial charge >= 0.3 is 0 Å². The van der Waals surface area contributed by atoms with Crippen LogP contribution >= 0.6 is 0 Å². The Morgan fingerprint density at radius 3 is 1.62 bits per heavy atom. The highest BCUT2D eigenvalue weighted by Gasteiger charge is 2.50.